The molecular formula is C18H22ClN3OS. The van der Waals surface area contributed by atoms with Crippen molar-refractivity contribution in [1.29, 1.82) is 0 Å². The van der Waals surface area contributed by atoms with Crippen LogP contribution in [0.4, 0.5) is 0 Å². The Kier molecular flexibility index (Phi) is 4.95. The van der Waals surface area contributed by atoms with Gasteiger partial charge in [0.15, 0.2) is 0 Å². The molecule has 1 aliphatic carbocycles. The van der Waals surface area contributed by atoms with Crippen LogP contribution in [0.2, 0.25) is 0 Å². The summed E-state index contributed by atoms with van der Waals surface area (Å²) in [7, 11) is 0. The van der Waals surface area contributed by atoms with Gasteiger partial charge in [0.25, 0.3) is 5.91 Å². The zero-order valence-electron chi connectivity index (χ0n) is 13.6. The molecule has 4 rings (SSSR count). The number of amides is 1. The van der Waals surface area contributed by atoms with Crippen LogP contribution in [0.25, 0.3) is 10.6 Å². The summed E-state index contributed by atoms with van der Waals surface area (Å²) in [5.41, 5.74) is 8.97. The highest BCUT2D eigenvalue weighted by atomic mass is 35.5. The second-order valence-electron chi connectivity index (χ2n) is 6.75. The predicted octanol–water partition coefficient (Wildman–Crippen LogP) is 3.35. The largest absolute Gasteiger partial charge is 0.338 e. The minimum Gasteiger partial charge on any atom is -0.338 e. The van der Waals surface area contributed by atoms with Crippen molar-refractivity contribution in [1.82, 2.24) is 9.88 Å². The molecule has 3 unspecified atom stereocenters. The Morgan fingerprint density at radius 3 is 2.88 bits per heavy atom. The van der Waals surface area contributed by atoms with Crippen LogP contribution in [0, 0.1) is 18.8 Å². The molecule has 2 fully saturated rings. The average molecular weight is 364 g/mol. The minimum atomic E-state index is 0. The number of nitrogens with zero attached hydrogens (tertiary/aromatic N) is 2. The van der Waals surface area contributed by atoms with Gasteiger partial charge in [0, 0.05) is 41.3 Å². The van der Waals surface area contributed by atoms with Crippen LogP contribution in [-0.2, 0) is 0 Å². The van der Waals surface area contributed by atoms with Gasteiger partial charge in [-0.25, -0.2) is 4.98 Å². The fourth-order valence-electron chi connectivity index (χ4n) is 3.93. The summed E-state index contributed by atoms with van der Waals surface area (Å²) in [5.74, 6) is 1.21. The van der Waals surface area contributed by atoms with Gasteiger partial charge in [-0.15, -0.1) is 23.7 Å². The van der Waals surface area contributed by atoms with Crippen molar-refractivity contribution in [3.63, 3.8) is 0 Å². The molecule has 1 aromatic carbocycles. The van der Waals surface area contributed by atoms with Crippen molar-refractivity contribution in [3.8, 4) is 10.6 Å². The van der Waals surface area contributed by atoms with Gasteiger partial charge in [-0.1, -0.05) is 12.1 Å². The van der Waals surface area contributed by atoms with Gasteiger partial charge in [0.1, 0.15) is 5.01 Å². The molecule has 0 bridgehead atoms. The number of nitrogens with two attached hydrogens (primary N) is 1. The Morgan fingerprint density at radius 2 is 2.17 bits per heavy atom. The first-order valence-corrected chi connectivity index (χ1v) is 9.07. The second-order valence-corrected chi connectivity index (χ2v) is 7.61. The van der Waals surface area contributed by atoms with Gasteiger partial charge in [-0.05, 0) is 43.7 Å². The third kappa shape index (κ3) is 3.08. The molecule has 2 heterocycles. The number of benzene rings is 1. The Morgan fingerprint density at radius 1 is 1.33 bits per heavy atom. The number of fused-ring (bicyclic) bond motifs is 1. The highest BCUT2D eigenvalue weighted by Crippen LogP contribution is 2.37. The number of halogens is 1. The van der Waals surface area contributed by atoms with Gasteiger partial charge < -0.3 is 10.6 Å². The lowest BCUT2D eigenvalue weighted by atomic mass is 9.98. The number of thiazole rings is 1. The summed E-state index contributed by atoms with van der Waals surface area (Å²) in [5, 5.41) is 3.00. The summed E-state index contributed by atoms with van der Waals surface area (Å²) in [4.78, 5) is 19.3. The van der Waals surface area contributed by atoms with Gasteiger partial charge in [-0.3, -0.25) is 4.79 Å². The fourth-order valence-corrected chi connectivity index (χ4v) is 4.72. The second kappa shape index (κ2) is 6.82. The Labute approximate surface area is 152 Å². The van der Waals surface area contributed by atoms with Gasteiger partial charge in [0.05, 0.1) is 0 Å². The van der Waals surface area contributed by atoms with E-state index in [0.717, 1.165) is 47.8 Å². The molecule has 128 valence electrons. The van der Waals surface area contributed by atoms with E-state index in [1.54, 1.807) is 11.3 Å². The van der Waals surface area contributed by atoms with E-state index in [-0.39, 0.29) is 24.4 Å². The van der Waals surface area contributed by atoms with Crippen LogP contribution in [-0.4, -0.2) is 34.9 Å². The van der Waals surface area contributed by atoms with Crippen LogP contribution in [0.1, 0.15) is 28.9 Å². The molecule has 1 aromatic heterocycles. The Bertz CT molecular complexity index is 747. The average Bonchev–Trinajstić information content (AvgIpc) is 3.25. The number of aryl methyl sites for hydroxylation is 1. The maximum atomic E-state index is 12.8. The SMILES string of the molecule is Cc1csc(-c2cccc(C(=O)N3CC4CCC(N)C4C3)c2)n1.Cl. The molecule has 0 radical (unpaired) electrons. The maximum Gasteiger partial charge on any atom is 0.253 e. The molecule has 0 spiro atoms. The molecule has 1 amide bonds. The molecule has 1 saturated heterocycles. The van der Waals surface area contributed by atoms with Crippen molar-refractivity contribution >= 4 is 29.7 Å². The molecule has 24 heavy (non-hydrogen) atoms. The monoisotopic (exact) mass is 363 g/mol. The molecule has 4 nitrogen and oxygen atoms in total. The van der Waals surface area contributed by atoms with E-state index in [4.69, 9.17) is 5.73 Å². The van der Waals surface area contributed by atoms with Crippen LogP contribution in [0.3, 0.4) is 0 Å². The quantitative estimate of drug-likeness (QED) is 0.890. The van der Waals surface area contributed by atoms with Crippen molar-refractivity contribution < 1.29 is 4.79 Å². The fraction of sp³-hybridized carbons (Fsp3) is 0.444. The van der Waals surface area contributed by atoms with E-state index in [1.165, 1.54) is 0 Å². The number of rotatable bonds is 2. The zero-order valence-corrected chi connectivity index (χ0v) is 15.3. The van der Waals surface area contributed by atoms with Gasteiger partial charge in [0.2, 0.25) is 0 Å². The number of aromatic nitrogens is 1. The van der Waals surface area contributed by atoms with Crippen LogP contribution in [0.5, 0.6) is 0 Å². The highest BCUT2D eigenvalue weighted by Gasteiger charge is 2.42. The number of hydrogen-bond donors (Lipinski definition) is 1. The Balaban J connectivity index is 0.00000169. The summed E-state index contributed by atoms with van der Waals surface area (Å²) in [6.45, 7) is 3.66. The topological polar surface area (TPSA) is 59.2 Å². The normalized spacial score (nSPS) is 25.4. The van der Waals surface area contributed by atoms with Crippen molar-refractivity contribution in [2.24, 2.45) is 17.6 Å². The van der Waals surface area contributed by atoms with E-state index >= 15 is 0 Å². The minimum absolute atomic E-state index is 0. The van der Waals surface area contributed by atoms with Crippen molar-refractivity contribution in [2.75, 3.05) is 13.1 Å². The zero-order chi connectivity index (χ0) is 16.0. The molecular weight excluding hydrogens is 342 g/mol. The summed E-state index contributed by atoms with van der Waals surface area (Å²) in [6, 6.07) is 8.10. The first kappa shape index (κ1) is 17.4. The van der Waals surface area contributed by atoms with Crippen molar-refractivity contribution in [2.45, 2.75) is 25.8 Å². The van der Waals surface area contributed by atoms with E-state index in [1.807, 2.05) is 41.5 Å². The maximum absolute atomic E-state index is 12.8. The smallest absolute Gasteiger partial charge is 0.253 e. The molecule has 1 saturated carbocycles. The van der Waals surface area contributed by atoms with Gasteiger partial charge >= 0.3 is 0 Å². The molecule has 2 aromatic rings. The first-order chi connectivity index (χ1) is 11.1. The lowest BCUT2D eigenvalue weighted by Gasteiger charge is -2.19. The lowest BCUT2D eigenvalue weighted by Crippen LogP contribution is -2.33. The summed E-state index contributed by atoms with van der Waals surface area (Å²) in [6.07, 6.45) is 2.27. The van der Waals surface area contributed by atoms with E-state index in [2.05, 4.69) is 4.98 Å². The summed E-state index contributed by atoms with van der Waals surface area (Å²) >= 11 is 1.62. The lowest BCUT2D eigenvalue weighted by molar-refractivity contribution is 0.0779. The van der Waals surface area contributed by atoms with E-state index < -0.39 is 0 Å². The first-order valence-electron chi connectivity index (χ1n) is 8.19. The van der Waals surface area contributed by atoms with Gasteiger partial charge in [-0.2, -0.15) is 0 Å². The van der Waals surface area contributed by atoms with Crippen LogP contribution < -0.4 is 5.73 Å². The third-order valence-corrected chi connectivity index (χ3v) is 6.18. The van der Waals surface area contributed by atoms with Crippen LogP contribution in [0.15, 0.2) is 29.6 Å². The Hall–Kier alpha value is -1.43. The van der Waals surface area contributed by atoms with Crippen LogP contribution >= 0.6 is 23.7 Å². The van der Waals surface area contributed by atoms with E-state index in [0.29, 0.717) is 11.8 Å². The molecule has 2 aliphatic rings. The summed E-state index contributed by atoms with van der Waals surface area (Å²) < 4.78 is 0. The molecule has 1 aliphatic heterocycles. The standard InChI is InChI=1S/C18H21N3OS.ClH/c1-11-10-23-17(20-11)12-3-2-4-13(7-12)18(22)21-8-14-5-6-16(19)15(14)9-21;/h2-4,7,10,14-16H,5-6,8-9,19H2,1H3;1H. The van der Waals surface area contributed by atoms with E-state index in [9.17, 15) is 4.79 Å². The number of carbonyl (C=O) groups excluding carboxylic acids is 1. The number of likely N-dealkylation sites (tertiary alicyclic amines) is 1. The highest BCUT2D eigenvalue weighted by molar-refractivity contribution is 7.13. The molecule has 6 heteroatoms. The molecule has 3 atom stereocenters. The predicted molar refractivity (Wildman–Crippen MR) is 99.6 cm³/mol. The van der Waals surface area contributed by atoms with Crippen molar-refractivity contribution in [3.05, 3.63) is 40.9 Å². The third-order valence-electron chi connectivity index (χ3n) is 5.18. The molecule has 2 N–H and O–H groups in total. The number of carbonyl (C=O) groups is 1. The number of hydrogen-bond acceptors (Lipinski definition) is 4.